The molecule has 1 aromatic carbocycles. The zero-order chi connectivity index (χ0) is 15.4. The van der Waals surface area contributed by atoms with E-state index in [4.69, 9.17) is 5.11 Å². The van der Waals surface area contributed by atoms with Crippen LogP contribution in [-0.4, -0.2) is 34.1 Å². The maximum atomic E-state index is 11.0. The highest BCUT2D eigenvalue weighted by molar-refractivity contribution is 7.98. The molecule has 1 unspecified atom stereocenters. The van der Waals surface area contributed by atoms with Gasteiger partial charge in [-0.3, -0.25) is 9.78 Å². The van der Waals surface area contributed by atoms with Gasteiger partial charge in [-0.1, -0.05) is 30.3 Å². The van der Waals surface area contributed by atoms with Crippen LogP contribution in [0, 0.1) is 5.92 Å². The highest BCUT2D eigenvalue weighted by Gasteiger charge is 2.28. The smallest absolute Gasteiger partial charge is 0.308 e. The SMILES string of the molecule is O=C(O)C1CCN(c2cncc(SCc3ccccc3)n2)C1. The van der Waals surface area contributed by atoms with E-state index in [0.29, 0.717) is 13.0 Å². The Morgan fingerprint density at radius 2 is 2.14 bits per heavy atom. The van der Waals surface area contributed by atoms with E-state index >= 15 is 0 Å². The maximum Gasteiger partial charge on any atom is 0.308 e. The molecule has 1 saturated heterocycles. The molecule has 1 aliphatic heterocycles. The number of nitrogens with zero attached hydrogens (tertiary/aromatic N) is 3. The van der Waals surface area contributed by atoms with Crippen LogP contribution >= 0.6 is 11.8 Å². The van der Waals surface area contributed by atoms with Crippen molar-refractivity contribution in [2.45, 2.75) is 17.2 Å². The van der Waals surface area contributed by atoms with Crippen molar-refractivity contribution < 1.29 is 9.90 Å². The quantitative estimate of drug-likeness (QED) is 0.856. The molecule has 2 aromatic rings. The third-order valence-corrected chi connectivity index (χ3v) is 4.66. The first kappa shape index (κ1) is 14.8. The average molecular weight is 315 g/mol. The van der Waals surface area contributed by atoms with Gasteiger partial charge in [0.2, 0.25) is 0 Å². The number of hydrogen-bond acceptors (Lipinski definition) is 5. The molecular formula is C16H17N3O2S. The van der Waals surface area contributed by atoms with E-state index in [9.17, 15) is 4.79 Å². The van der Waals surface area contributed by atoms with Crippen LogP contribution in [-0.2, 0) is 10.5 Å². The topological polar surface area (TPSA) is 66.3 Å². The second kappa shape index (κ2) is 6.79. The number of carboxylic acid groups (broad SMARTS) is 1. The number of rotatable bonds is 5. The number of anilines is 1. The molecule has 1 aliphatic rings. The van der Waals surface area contributed by atoms with E-state index in [1.807, 2.05) is 23.1 Å². The summed E-state index contributed by atoms with van der Waals surface area (Å²) in [5.41, 5.74) is 1.24. The minimum atomic E-state index is -0.731. The number of aromatic nitrogens is 2. The molecule has 0 amide bonds. The maximum absolute atomic E-state index is 11.0. The van der Waals surface area contributed by atoms with Crippen LogP contribution in [0.15, 0.2) is 47.8 Å². The van der Waals surface area contributed by atoms with Crippen molar-refractivity contribution >= 4 is 23.5 Å². The average Bonchev–Trinajstić information content (AvgIpc) is 3.05. The Labute approximate surface area is 133 Å². The van der Waals surface area contributed by atoms with Crippen LogP contribution in [0.5, 0.6) is 0 Å². The van der Waals surface area contributed by atoms with Crippen molar-refractivity contribution in [3.05, 3.63) is 48.3 Å². The summed E-state index contributed by atoms with van der Waals surface area (Å²) in [5, 5.41) is 9.94. The number of aliphatic carboxylic acids is 1. The zero-order valence-electron chi connectivity index (χ0n) is 12.1. The molecule has 0 radical (unpaired) electrons. The minimum Gasteiger partial charge on any atom is -0.481 e. The summed E-state index contributed by atoms with van der Waals surface area (Å²) < 4.78 is 0. The first-order valence-corrected chi connectivity index (χ1v) is 8.17. The summed E-state index contributed by atoms with van der Waals surface area (Å²) in [6.45, 7) is 1.23. The summed E-state index contributed by atoms with van der Waals surface area (Å²) in [7, 11) is 0. The minimum absolute atomic E-state index is 0.303. The molecular weight excluding hydrogens is 298 g/mol. The van der Waals surface area contributed by atoms with Crippen molar-refractivity contribution in [2.24, 2.45) is 5.92 Å². The molecule has 22 heavy (non-hydrogen) atoms. The van der Waals surface area contributed by atoms with Gasteiger partial charge in [-0.25, -0.2) is 4.98 Å². The molecule has 0 aliphatic carbocycles. The van der Waals surface area contributed by atoms with E-state index < -0.39 is 5.97 Å². The van der Waals surface area contributed by atoms with Crippen LogP contribution in [0.3, 0.4) is 0 Å². The number of hydrogen-bond donors (Lipinski definition) is 1. The Balaban J connectivity index is 1.64. The Morgan fingerprint density at radius 1 is 1.32 bits per heavy atom. The van der Waals surface area contributed by atoms with E-state index in [2.05, 4.69) is 22.1 Å². The van der Waals surface area contributed by atoms with Gasteiger partial charge in [0.1, 0.15) is 10.8 Å². The van der Waals surface area contributed by atoms with Crippen molar-refractivity contribution in [1.82, 2.24) is 9.97 Å². The molecule has 0 spiro atoms. The van der Waals surface area contributed by atoms with Crippen LogP contribution in [0.25, 0.3) is 0 Å². The lowest BCUT2D eigenvalue weighted by molar-refractivity contribution is -0.140. The Bertz CT molecular complexity index is 651. The summed E-state index contributed by atoms with van der Waals surface area (Å²) in [5.74, 6) is 0.575. The lowest BCUT2D eigenvalue weighted by Crippen LogP contribution is -2.23. The van der Waals surface area contributed by atoms with Gasteiger partial charge in [0, 0.05) is 18.8 Å². The molecule has 3 rings (SSSR count). The van der Waals surface area contributed by atoms with E-state index in [1.54, 1.807) is 24.2 Å². The zero-order valence-corrected chi connectivity index (χ0v) is 12.9. The number of benzene rings is 1. The normalized spacial score (nSPS) is 17.6. The number of thioether (sulfide) groups is 1. The van der Waals surface area contributed by atoms with Crippen molar-refractivity contribution in [3.63, 3.8) is 0 Å². The molecule has 6 heteroatoms. The summed E-state index contributed by atoms with van der Waals surface area (Å²) >= 11 is 1.64. The Hall–Kier alpha value is -2.08. The van der Waals surface area contributed by atoms with Crippen LogP contribution in [0.2, 0.25) is 0 Å². The van der Waals surface area contributed by atoms with Crippen molar-refractivity contribution in [1.29, 1.82) is 0 Å². The van der Waals surface area contributed by atoms with Gasteiger partial charge in [0.05, 0.1) is 18.3 Å². The number of carboxylic acids is 1. The van der Waals surface area contributed by atoms with Crippen LogP contribution in [0.4, 0.5) is 5.82 Å². The van der Waals surface area contributed by atoms with E-state index in [1.165, 1.54) is 5.56 Å². The lowest BCUT2D eigenvalue weighted by Gasteiger charge is -2.16. The number of carbonyl (C=O) groups is 1. The lowest BCUT2D eigenvalue weighted by atomic mass is 10.1. The van der Waals surface area contributed by atoms with Gasteiger partial charge in [-0.2, -0.15) is 0 Å². The highest BCUT2D eigenvalue weighted by atomic mass is 32.2. The van der Waals surface area contributed by atoms with E-state index in [0.717, 1.165) is 23.1 Å². The fourth-order valence-corrected chi connectivity index (χ4v) is 3.26. The van der Waals surface area contributed by atoms with Gasteiger partial charge in [-0.05, 0) is 12.0 Å². The third kappa shape index (κ3) is 3.57. The first-order valence-electron chi connectivity index (χ1n) is 7.19. The Morgan fingerprint density at radius 3 is 2.86 bits per heavy atom. The second-order valence-corrected chi connectivity index (χ2v) is 6.26. The van der Waals surface area contributed by atoms with Crippen LogP contribution < -0.4 is 4.90 Å². The van der Waals surface area contributed by atoms with Gasteiger partial charge < -0.3 is 10.0 Å². The standard InChI is InChI=1S/C16H17N3O2S/c20-16(21)13-6-7-19(10-13)14-8-17-9-15(18-14)22-11-12-4-2-1-3-5-12/h1-5,8-9,13H,6-7,10-11H2,(H,20,21). The monoisotopic (exact) mass is 315 g/mol. The Kier molecular flexibility index (Phi) is 4.58. The predicted molar refractivity (Wildman–Crippen MR) is 86.0 cm³/mol. The van der Waals surface area contributed by atoms with Crippen LogP contribution in [0.1, 0.15) is 12.0 Å². The van der Waals surface area contributed by atoms with Gasteiger partial charge in [-0.15, -0.1) is 11.8 Å². The molecule has 1 aromatic heterocycles. The molecule has 0 bridgehead atoms. The fraction of sp³-hybridized carbons (Fsp3) is 0.312. The largest absolute Gasteiger partial charge is 0.481 e. The molecule has 1 atom stereocenters. The summed E-state index contributed by atoms with van der Waals surface area (Å²) in [4.78, 5) is 21.9. The molecule has 5 nitrogen and oxygen atoms in total. The predicted octanol–water partition coefficient (Wildman–Crippen LogP) is 2.68. The molecule has 2 heterocycles. The second-order valence-electron chi connectivity index (χ2n) is 5.26. The molecule has 114 valence electrons. The summed E-state index contributed by atoms with van der Waals surface area (Å²) in [6, 6.07) is 10.2. The van der Waals surface area contributed by atoms with Crippen molar-refractivity contribution in [3.8, 4) is 0 Å². The molecule has 0 saturated carbocycles. The van der Waals surface area contributed by atoms with E-state index in [-0.39, 0.29) is 5.92 Å². The first-order chi connectivity index (χ1) is 10.7. The fourth-order valence-electron chi connectivity index (χ4n) is 2.46. The van der Waals surface area contributed by atoms with Gasteiger partial charge >= 0.3 is 5.97 Å². The molecule has 1 N–H and O–H groups in total. The van der Waals surface area contributed by atoms with Gasteiger partial charge in [0.25, 0.3) is 0 Å². The third-order valence-electron chi connectivity index (χ3n) is 3.69. The van der Waals surface area contributed by atoms with Gasteiger partial charge in [0.15, 0.2) is 0 Å². The summed E-state index contributed by atoms with van der Waals surface area (Å²) in [6.07, 6.45) is 4.12. The molecule has 1 fully saturated rings. The highest BCUT2D eigenvalue weighted by Crippen LogP contribution is 2.25. The van der Waals surface area contributed by atoms with Crippen molar-refractivity contribution in [2.75, 3.05) is 18.0 Å².